The van der Waals surface area contributed by atoms with Gasteiger partial charge >= 0.3 is 12.1 Å². The van der Waals surface area contributed by atoms with E-state index in [9.17, 15) is 19.5 Å². The van der Waals surface area contributed by atoms with Crippen LogP contribution in [0, 0.1) is 0 Å². The van der Waals surface area contributed by atoms with Crippen molar-refractivity contribution in [3.63, 3.8) is 0 Å². The Hall–Kier alpha value is -3.75. The molecule has 0 radical (unpaired) electrons. The van der Waals surface area contributed by atoms with Crippen LogP contribution in [0.5, 0.6) is 17.2 Å². The Balaban J connectivity index is 2.33. The van der Waals surface area contributed by atoms with Gasteiger partial charge in [0.2, 0.25) is 5.75 Å². The van der Waals surface area contributed by atoms with Crippen LogP contribution in [0.1, 0.15) is 54.7 Å². The Morgan fingerprint density at radius 3 is 2.26 bits per heavy atom. The molecule has 0 bridgehead atoms. The SMILES string of the molecule is COc1cc2c(c(OC)c1OC)-c1ccc(=O)c(C(=O)O)cc1[C@@H](NC(=O)OC(C)(C)C)CC2. The Labute approximate surface area is 197 Å². The Kier molecular flexibility index (Phi) is 7.04. The highest BCUT2D eigenvalue weighted by molar-refractivity contribution is 5.89. The number of nitrogens with one attached hydrogen (secondary N) is 1. The van der Waals surface area contributed by atoms with Gasteiger partial charge in [-0.2, -0.15) is 0 Å². The summed E-state index contributed by atoms with van der Waals surface area (Å²) in [6.07, 6.45) is 0.259. The number of methoxy groups -OCH3 is 3. The lowest BCUT2D eigenvalue weighted by molar-refractivity contribution is 0.0501. The van der Waals surface area contributed by atoms with Gasteiger partial charge in [0.15, 0.2) is 16.9 Å². The number of aromatic carboxylic acids is 1. The third-order valence-corrected chi connectivity index (χ3v) is 5.46. The molecule has 0 aromatic heterocycles. The first kappa shape index (κ1) is 24.9. The van der Waals surface area contributed by atoms with E-state index in [2.05, 4.69) is 5.32 Å². The van der Waals surface area contributed by atoms with Crippen molar-refractivity contribution in [1.82, 2.24) is 5.32 Å². The quantitative estimate of drug-likeness (QED) is 0.673. The molecule has 0 saturated carbocycles. The zero-order valence-corrected chi connectivity index (χ0v) is 20.1. The van der Waals surface area contributed by atoms with E-state index in [0.29, 0.717) is 46.8 Å². The number of aryl methyl sites for hydroxylation is 1. The molecule has 2 N–H and O–H groups in total. The van der Waals surface area contributed by atoms with Crippen LogP contribution >= 0.6 is 0 Å². The maximum atomic E-state index is 12.6. The van der Waals surface area contributed by atoms with Crippen LogP contribution in [0.25, 0.3) is 11.1 Å². The summed E-state index contributed by atoms with van der Waals surface area (Å²) in [6, 6.07) is 5.25. The molecule has 0 unspecified atom stereocenters. The van der Waals surface area contributed by atoms with Gasteiger partial charge in [-0.15, -0.1) is 0 Å². The molecule has 182 valence electrons. The summed E-state index contributed by atoms with van der Waals surface area (Å²) in [5, 5.41) is 12.5. The van der Waals surface area contributed by atoms with Crippen LogP contribution < -0.4 is 25.0 Å². The van der Waals surface area contributed by atoms with Crippen LogP contribution in [-0.2, 0) is 11.2 Å². The summed E-state index contributed by atoms with van der Waals surface area (Å²) in [5.41, 5.74) is 0.680. The molecule has 0 fully saturated rings. The normalized spacial score (nSPS) is 14.7. The molecule has 34 heavy (non-hydrogen) atoms. The maximum absolute atomic E-state index is 12.6. The van der Waals surface area contributed by atoms with Gasteiger partial charge in [-0.3, -0.25) is 4.79 Å². The molecule has 1 atom stereocenters. The van der Waals surface area contributed by atoms with Crippen molar-refractivity contribution < 1.29 is 33.6 Å². The fourth-order valence-corrected chi connectivity index (χ4v) is 4.09. The topological polar surface area (TPSA) is 120 Å². The number of fused-ring (bicyclic) bond motifs is 3. The van der Waals surface area contributed by atoms with Gasteiger partial charge < -0.3 is 29.4 Å². The molecule has 1 aliphatic rings. The zero-order valence-electron chi connectivity index (χ0n) is 20.1. The fourth-order valence-electron chi connectivity index (χ4n) is 4.09. The van der Waals surface area contributed by atoms with Gasteiger partial charge in [0.1, 0.15) is 11.2 Å². The van der Waals surface area contributed by atoms with E-state index in [1.807, 2.05) is 6.07 Å². The smallest absolute Gasteiger partial charge is 0.408 e. The minimum atomic E-state index is -1.36. The first-order chi connectivity index (χ1) is 16.0. The third-order valence-electron chi connectivity index (χ3n) is 5.46. The number of ether oxygens (including phenoxy) is 4. The van der Waals surface area contributed by atoms with E-state index < -0.39 is 34.7 Å². The second kappa shape index (κ2) is 9.62. The highest BCUT2D eigenvalue weighted by atomic mass is 16.6. The molecule has 1 aliphatic carbocycles. The Morgan fingerprint density at radius 1 is 1.03 bits per heavy atom. The van der Waals surface area contributed by atoms with Crippen LogP contribution in [0.15, 0.2) is 29.1 Å². The molecule has 0 heterocycles. The van der Waals surface area contributed by atoms with Gasteiger partial charge in [0, 0.05) is 5.56 Å². The predicted molar refractivity (Wildman–Crippen MR) is 125 cm³/mol. The number of carbonyl (C=O) groups is 2. The summed E-state index contributed by atoms with van der Waals surface area (Å²) >= 11 is 0. The molecular weight excluding hydrogens is 442 g/mol. The second-order valence-corrected chi connectivity index (χ2v) is 8.85. The van der Waals surface area contributed by atoms with Gasteiger partial charge in [-0.05, 0) is 74.6 Å². The van der Waals surface area contributed by atoms with Crippen LogP contribution in [0.3, 0.4) is 0 Å². The Morgan fingerprint density at radius 2 is 1.71 bits per heavy atom. The number of alkyl carbamates (subject to hydrolysis) is 1. The minimum absolute atomic E-state index is 0.362. The standard InChI is InChI=1S/C25H29NO8/c1-25(2,3)34-24(30)26-17-9-7-13-11-19(31-4)21(32-5)22(33-6)20(13)14-8-10-18(27)16(23(28)29)12-15(14)17/h8,10-12,17H,7,9H2,1-6H3,(H,26,30)(H,28,29)/t17-/m0/s1. The molecule has 0 saturated heterocycles. The van der Waals surface area contributed by atoms with E-state index in [-0.39, 0.29) is 0 Å². The number of hydrogen-bond acceptors (Lipinski definition) is 7. The number of hydrogen-bond donors (Lipinski definition) is 2. The maximum Gasteiger partial charge on any atom is 0.408 e. The highest BCUT2D eigenvalue weighted by Gasteiger charge is 2.31. The lowest BCUT2D eigenvalue weighted by atomic mass is 9.95. The summed E-state index contributed by atoms with van der Waals surface area (Å²) in [6.45, 7) is 5.25. The lowest BCUT2D eigenvalue weighted by Crippen LogP contribution is -2.35. The summed E-state index contributed by atoms with van der Waals surface area (Å²) in [4.78, 5) is 37.0. The lowest BCUT2D eigenvalue weighted by Gasteiger charge is -2.24. The van der Waals surface area contributed by atoms with Gasteiger partial charge in [0.25, 0.3) is 0 Å². The Bertz CT molecular complexity index is 1180. The van der Waals surface area contributed by atoms with Crippen LogP contribution in [-0.4, -0.2) is 44.1 Å². The fraction of sp³-hybridized carbons (Fsp3) is 0.400. The summed E-state index contributed by atoms with van der Waals surface area (Å²) < 4.78 is 22.1. The minimum Gasteiger partial charge on any atom is -0.493 e. The monoisotopic (exact) mass is 471 g/mol. The zero-order chi connectivity index (χ0) is 25.2. The summed E-state index contributed by atoms with van der Waals surface area (Å²) in [7, 11) is 4.49. The number of amides is 1. The molecule has 2 aromatic carbocycles. The molecule has 0 spiro atoms. The molecule has 9 heteroatoms. The van der Waals surface area contributed by atoms with E-state index in [0.717, 1.165) is 5.56 Å². The first-order valence-corrected chi connectivity index (χ1v) is 10.7. The van der Waals surface area contributed by atoms with Gasteiger partial charge in [0.05, 0.1) is 27.4 Å². The number of benzene rings is 1. The predicted octanol–water partition coefficient (Wildman–Crippen LogP) is 3.95. The van der Waals surface area contributed by atoms with Crippen molar-refractivity contribution in [2.24, 2.45) is 0 Å². The van der Waals surface area contributed by atoms with E-state index >= 15 is 0 Å². The average molecular weight is 472 g/mol. The second-order valence-electron chi connectivity index (χ2n) is 8.85. The van der Waals surface area contributed by atoms with E-state index in [4.69, 9.17) is 18.9 Å². The number of carboxylic acid groups (broad SMARTS) is 1. The highest BCUT2D eigenvalue weighted by Crippen LogP contribution is 2.50. The molecule has 1 amide bonds. The van der Waals surface area contributed by atoms with Crippen molar-refractivity contribution in [3.8, 4) is 28.4 Å². The molecular formula is C25H29NO8. The average Bonchev–Trinajstić information content (AvgIpc) is 3.00. The molecule has 9 nitrogen and oxygen atoms in total. The number of rotatable bonds is 5. The molecule has 3 rings (SSSR count). The molecule has 0 aliphatic heterocycles. The van der Waals surface area contributed by atoms with Gasteiger partial charge in [-0.1, -0.05) is 0 Å². The van der Waals surface area contributed by atoms with Crippen LogP contribution in [0.4, 0.5) is 4.79 Å². The van der Waals surface area contributed by atoms with Crippen molar-refractivity contribution in [2.45, 2.75) is 45.3 Å². The van der Waals surface area contributed by atoms with Crippen molar-refractivity contribution in [3.05, 3.63) is 51.2 Å². The van der Waals surface area contributed by atoms with Crippen molar-refractivity contribution in [2.75, 3.05) is 21.3 Å². The van der Waals surface area contributed by atoms with Gasteiger partial charge in [-0.25, -0.2) is 9.59 Å². The largest absolute Gasteiger partial charge is 0.493 e. The summed E-state index contributed by atoms with van der Waals surface area (Å²) in [5.74, 6) is -0.149. The number of carbonyl (C=O) groups excluding carboxylic acids is 1. The van der Waals surface area contributed by atoms with Crippen LogP contribution in [0.2, 0.25) is 0 Å². The van der Waals surface area contributed by atoms with E-state index in [1.165, 1.54) is 33.5 Å². The number of carboxylic acids is 1. The van der Waals surface area contributed by atoms with Crippen molar-refractivity contribution in [1.29, 1.82) is 0 Å². The third kappa shape index (κ3) is 4.93. The molecule has 2 aromatic rings. The first-order valence-electron chi connectivity index (χ1n) is 10.7. The van der Waals surface area contributed by atoms with E-state index in [1.54, 1.807) is 26.8 Å². The van der Waals surface area contributed by atoms with Crippen molar-refractivity contribution >= 4 is 12.1 Å².